The predicted octanol–water partition coefficient (Wildman–Crippen LogP) is 0.430. The van der Waals surface area contributed by atoms with Crippen molar-refractivity contribution in [3.05, 3.63) is 0 Å². The molecule has 0 radical (unpaired) electrons. The lowest BCUT2D eigenvalue weighted by Crippen LogP contribution is -2.47. The first-order valence-corrected chi connectivity index (χ1v) is 10.1. The van der Waals surface area contributed by atoms with Crippen molar-refractivity contribution in [1.29, 1.82) is 0 Å². The first-order chi connectivity index (χ1) is 11.1. The Hall–Kier alpha value is -0.700. The van der Waals surface area contributed by atoms with E-state index < -0.39 is 10.2 Å². The van der Waals surface area contributed by atoms with E-state index in [9.17, 15) is 13.2 Å². The molecule has 3 aliphatic heterocycles. The lowest BCUT2D eigenvalue weighted by Gasteiger charge is -2.31. The molecule has 8 heteroatoms. The Morgan fingerprint density at radius 1 is 0.826 bits per heavy atom. The predicted molar refractivity (Wildman–Crippen MR) is 86.1 cm³/mol. The van der Waals surface area contributed by atoms with Gasteiger partial charge in [-0.3, -0.25) is 4.79 Å². The number of carbonyl (C=O) groups is 1. The Balaban J connectivity index is 1.60. The van der Waals surface area contributed by atoms with Crippen molar-refractivity contribution in [3.8, 4) is 0 Å². The number of hydrogen-bond acceptors (Lipinski definition) is 4. The molecule has 7 nitrogen and oxygen atoms in total. The van der Waals surface area contributed by atoms with E-state index in [1.807, 2.05) is 0 Å². The molecule has 132 valence electrons. The van der Waals surface area contributed by atoms with E-state index in [0.717, 1.165) is 32.1 Å². The van der Waals surface area contributed by atoms with Gasteiger partial charge in [-0.15, -0.1) is 0 Å². The second-order valence-electron chi connectivity index (χ2n) is 6.55. The smallest absolute Gasteiger partial charge is 0.282 e. The van der Waals surface area contributed by atoms with Crippen molar-refractivity contribution in [2.75, 3.05) is 45.9 Å². The summed E-state index contributed by atoms with van der Waals surface area (Å²) in [5.74, 6) is 0.0275. The lowest BCUT2D eigenvalue weighted by atomic mass is 10.2. The summed E-state index contributed by atoms with van der Waals surface area (Å²) < 4.78 is 34.1. The van der Waals surface area contributed by atoms with Crippen molar-refractivity contribution in [2.24, 2.45) is 0 Å². The van der Waals surface area contributed by atoms with Gasteiger partial charge in [0.1, 0.15) is 6.10 Å². The van der Waals surface area contributed by atoms with Crippen LogP contribution in [0.1, 0.15) is 38.5 Å². The second-order valence-corrected chi connectivity index (χ2v) is 8.48. The number of ether oxygens (including phenoxy) is 1. The van der Waals surface area contributed by atoms with Gasteiger partial charge in [-0.1, -0.05) is 6.42 Å². The minimum absolute atomic E-state index is 0.0275. The van der Waals surface area contributed by atoms with Gasteiger partial charge < -0.3 is 9.64 Å². The molecule has 0 aliphatic carbocycles. The molecule has 3 aliphatic rings. The number of piperidine rings is 1. The van der Waals surface area contributed by atoms with Crippen LogP contribution in [0.4, 0.5) is 0 Å². The van der Waals surface area contributed by atoms with E-state index >= 15 is 0 Å². The molecule has 3 heterocycles. The third kappa shape index (κ3) is 3.87. The van der Waals surface area contributed by atoms with Crippen molar-refractivity contribution in [3.63, 3.8) is 0 Å². The molecule has 1 amide bonds. The molecule has 0 N–H and O–H groups in total. The maximum absolute atomic E-state index is 12.7. The fourth-order valence-electron chi connectivity index (χ4n) is 3.58. The lowest BCUT2D eigenvalue weighted by molar-refractivity contribution is -0.140. The largest absolute Gasteiger partial charge is 0.368 e. The molecule has 0 saturated carbocycles. The highest BCUT2D eigenvalue weighted by molar-refractivity contribution is 7.86. The number of rotatable bonds is 3. The van der Waals surface area contributed by atoms with Crippen LogP contribution in [0, 0.1) is 0 Å². The van der Waals surface area contributed by atoms with Crippen LogP contribution in [-0.2, 0) is 19.7 Å². The summed E-state index contributed by atoms with van der Waals surface area (Å²) in [5.41, 5.74) is 0. The first-order valence-electron chi connectivity index (χ1n) is 8.74. The van der Waals surface area contributed by atoms with E-state index in [1.165, 1.54) is 0 Å². The monoisotopic (exact) mass is 345 g/mol. The van der Waals surface area contributed by atoms with Crippen molar-refractivity contribution in [1.82, 2.24) is 13.5 Å². The van der Waals surface area contributed by atoms with E-state index in [0.29, 0.717) is 52.3 Å². The standard InChI is InChI=1S/C15H27N3O4S/c19-15(14-6-4-13-22-14)16-7-5-10-18(12-11-16)23(20,21)17-8-2-1-3-9-17/h14H,1-13H2/t14-/m1/s1. The normalized spacial score (nSPS) is 28.7. The van der Waals surface area contributed by atoms with Gasteiger partial charge in [-0.2, -0.15) is 17.0 Å². The summed E-state index contributed by atoms with van der Waals surface area (Å²) in [6, 6.07) is 0. The van der Waals surface area contributed by atoms with Crippen molar-refractivity contribution >= 4 is 16.1 Å². The highest BCUT2D eigenvalue weighted by Gasteiger charge is 2.34. The van der Waals surface area contributed by atoms with Gasteiger partial charge in [0.15, 0.2) is 0 Å². The molecule has 0 bridgehead atoms. The summed E-state index contributed by atoms with van der Waals surface area (Å²) in [4.78, 5) is 14.2. The SMILES string of the molecule is O=C([C@H]1CCCO1)N1CCCN(S(=O)(=O)N2CCCCC2)CC1. The average Bonchev–Trinajstić information content (AvgIpc) is 2.99. The molecular weight excluding hydrogens is 318 g/mol. The molecular formula is C15H27N3O4S. The zero-order chi connectivity index (χ0) is 16.3. The Bertz CT molecular complexity index is 513. The number of nitrogens with zero attached hydrogens (tertiary/aromatic N) is 3. The summed E-state index contributed by atoms with van der Waals surface area (Å²) in [7, 11) is -3.38. The second kappa shape index (κ2) is 7.46. The van der Waals surface area contributed by atoms with Crippen LogP contribution in [0.2, 0.25) is 0 Å². The highest BCUT2D eigenvalue weighted by atomic mass is 32.2. The van der Waals surface area contributed by atoms with Crippen LogP contribution in [-0.4, -0.2) is 79.8 Å². The topological polar surface area (TPSA) is 70.2 Å². The zero-order valence-electron chi connectivity index (χ0n) is 13.7. The first kappa shape index (κ1) is 17.1. The number of hydrogen-bond donors (Lipinski definition) is 0. The summed E-state index contributed by atoms with van der Waals surface area (Å²) in [5, 5.41) is 0. The summed E-state index contributed by atoms with van der Waals surface area (Å²) in [6.45, 7) is 3.86. The quantitative estimate of drug-likeness (QED) is 0.744. The third-order valence-corrected chi connectivity index (χ3v) is 6.97. The molecule has 3 rings (SSSR count). The van der Waals surface area contributed by atoms with E-state index in [1.54, 1.807) is 13.5 Å². The van der Waals surface area contributed by atoms with Crippen LogP contribution in [0.15, 0.2) is 0 Å². The van der Waals surface area contributed by atoms with E-state index in [2.05, 4.69) is 0 Å². The van der Waals surface area contributed by atoms with Crippen molar-refractivity contribution in [2.45, 2.75) is 44.6 Å². The van der Waals surface area contributed by atoms with Crippen molar-refractivity contribution < 1.29 is 17.9 Å². The molecule has 3 fully saturated rings. The maximum Gasteiger partial charge on any atom is 0.282 e. The molecule has 0 aromatic heterocycles. The van der Waals surface area contributed by atoms with Gasteiger partial charge in [0.25, 0.3) is 16.1 Å². The van der Waals surface area contributed by atoms with E-state index in [4.69, 9.17) is 4.74 Å². The minimum atomic E-state index is -3.38. The maximum atomic E-state index is 12.7. The Kier molecular flexibility index (Phi) is 5.56. The fourth-order valence-corrected chi connectivity index (χ4v) is 5.30. The van der Waals surface area contributed by atoms with Gasteiger partial charge in [0, 0.05) is 45.9 Å². The Morgan fingerprint density at radius 2 is 1.52 bits per heavy atom. The third-order valence-electron chi connectivity index (χ3n) is 4.94. The molecule has 0 unspecified atom stereocenters. The van der Waals surface area contributed by atoms with Gasteiger partial charge in [-0.05, 0) is 32.1 Å². The van der Waals surface area contributed by atoms with Gasteiger partial charge >= 0.3 is 0 Å². The van der Waals surface area contributed by atoms with Crippen LogP contribution >= 0.6 is 0 Å². The number of carbonyl (C=O) groups excluding carboxylic acids is 1. The molecule has 23 heavy (non-hydrogen) atoms. The van der Waals surface area contributed by atoms with Gasteiger partial charge in [-0.25, -0.2) is 0 Å². The molecule has 0 spiro atoms. The van der Waals surface area contributed by atoms with Crippen LogP contribution < -0.4 is 0 Å². The van der Waals surface area contributed by atoms with Crippen LogP contribution in [0.5, 0.6) is 0 Å². The van der Waals surface area contributed by atoms with Crippen LogP contribution in [0.25, 0.3) is 0 Å². The summed E-state index contributed by atoms with van der Waals surface area (Å²) >= 11 is 0. The molecule has 0 aromatic carbocycles. The highest BCUT2D eigenvalue weighted by Crippen LogP contribution is 2.20. The zero-order valence-corrected chi connectivity index (χ0v) is 14.5. The fraction of sp³-hybridized carbons (Fsp3) is 0.933. The van der Waals surface area contributed by atoms with Gasteiger partial charge in [0.2, 0.25) is 0 Å². The Labute approximate surface area is 138 Å². The molecule has 1 atom stereocenters. The van der Waals surface area contributed by atoms with E-state index in [-0.39, 0.29) is 12.0 Å². The summed E-state index contributed by atoms with van der Waals surface area (Å²) in [6.07, 6.45) is 5.07. The molecule has 3 saturated heterocycles. The minimum Gasteiger partial charge on any atom is -0.368 e. The number of amides is 1. The molecule has 0 aromatic rings. The Morgan fingerprint density at radius 3 is 2.22 bits per heavy atom. The average molecular weight is 345 g/mol. The van der Waals surface area contributed by atoms with Crippen LogP contribution in [0.3, 0.4) is 0 Å². The van der Waals surface area contributed by atoms with Gasteiger partial charge in [0.05, 0.1) is 0 Å².